The van der Waals surface area contributed by atoms with Crippen molar-refractivity contribution in [3.63, 3.8) is 0 Å². The Hall–Kier alpha value is -5.45. The van der Waals surface area contributed by atoms with Gasteiger partial charge in [-0.3, -0.25) is 0 Å². The van der Waals surface area contributed by atoms with Crippen LogP contribution < -0.4 is 5.46 Å². The van der Waals surface area contributed by atoms with E-state index in [9.17, 15) is 15.3 Å². The highest BCUT2D eigenvalue weighted by atomic mass is 16.4. The van der Waals surface area contributed by atoms with E-state index < -0.39 is 7.12 Å². The lowest BCUT2D eigenvalue weighted by molar-refractivity contribution is 0.425. The molecule has 0 amide bonds. The summed E-state index contributed by atoms with van der Waals surface area (Å²) >= 11 is 0. The zero-order chi connectivity index (χ0) is 33.7. The van der Waals surface area contributed by atoms with Crippen LogP contribution in [0.15, 0.2) is 115 Å². The van der Waals surface area contributed by atoms with Gasteiger partial charge in [0.05, 0.1) is 34.9 Å². The molecule has 0 radical (unpaired) electrons. The summed E-state index contributed by atoms with van der Waals surface area (Å²) in [7, 11) is -1.58. The van der Waals surface area contributed by atoms with Gasteiger partial charge in [0.25, 0.3) is 0 Å². The van der Waals surface area contributed by atoms with Gasteiger partial charge in [-0.2, -0.15) is 15.8 Å². The Morgan fingerprint density at radius 3 is 1.73 bits per heavy atom. The molecule has 1 atom stereocenters. The summed E-state index contributed by atoms with van der Waals surface area (Å²) < 4.78 is 0. The molecule has 0 aliphatic heterocycles. The monoisotopic (exact) mass is 627 g/mol. The zero-order valence-corrected chi connectivity index (χ0v) is 27.0. The van der Waals surface area contributed by atoms with Crippen molar-refractivity contribution in [3.05, 3.63) is 149 Å². The van der Waals surface area contributed by atoms with Crippen LogP contribution in [0.25, 0.3) is 22.3 Å². The first-order chi connectivity index (χ1) is 23.5. The van der Waals surface area contributed by atoms with Crippen LogP contribution in [0.4, 0.5) is 0 Å². The number of hydrogen-bond donors (Lipinski definition) is 2. The van der Waals surface area contributed by atoms with Crippen LogP contribution in [-0.2, 0) is 12.8 Å². The third-order valence-corrected chi connectivity index (χ3v) is 9.06. The Morgan fingerprint density at radius 2 is 1.12 bits per heavy atom. The average molecular weight is 628 g/mol. The second kappa shape index (κ2) is 16.9. The first-order valence-electron chi connectivity index (χ1n) is 16.6. The number of nitrogens with zero attached hydrogens (tertiary/aromatic N) is 3. The van der Waals surface area contributed by atoms with Gasteiger partial charge in [-0.15, -0.1) is 0 Å². The summed E-state index contributed by atoms with van der Waals surface area (Å²) in [4.78, 5) is 0. The van der Waals surface area contributed by atoms with Crippen molar-refractivity contribution in [2.24, 2.45) is 0 Å². The van der Waals surface area contributed by atoms with Crippen molar-refractivity contribution < 1.29 is 10.0 Å². The van der Waals surface area contributed by atoms with E-state index in [1.807, 2.05) is 48.5 Å². The molecular formula is C42H38BN3O2. The van der Waals surface area contributed by atoms with E-state index in [0.717, 1.165) is 79.2 Å². The molecule has 48 heavy (non-hydrogen) atoms. The summed E-state index contributed by atoms with van der Waals surface area (Å²) in [5.41, 5.74) is 10.1. The van der Waals surface area contributed by atoms with E-state index in [-0.39, 0.29) is 5.92 Å². The summed E-state index contributed by atoms with van der Waals surface area (Å²) in [5, 5.41) is 47.8. The normalized spacial score (nSPS) is 11.2. The number of rotatable bonds is 14. The minimum absolute atomic E-state index is 0.112. The summed E-state index contributed by atoms with van der Waals surface area (Å²) in [5.74, 6) is 0.112. The Morgan fingerprint density at radius 1 is 0.521 bits per heavy atom. The number of hydrogen-bond acceptors (Lipinski definition) is 5. The third-order valence-electron chi connectivity index (χ3n) is 9.06. The third kappa shape index (κ3) is 9.09. The smallest absolute Gasteiger partial charge is 0.423 e. The van der Waals surface area contributed by atoms with E-state index in [0.29, 0.717) is 22.2 Å². The van der Waals surface area contributed by atoms with Crippen molar-refractivity contribution >= 4 is 12.6 Å². The minimum atomic E-state index is -1.58. The lowest BCUT2D eigenvalue weighted by atomic mass is 9.76. The predicted octanol–water partition coefficient (Wildman–Crippen LogP) is 8.23. The van der Waals surface area contributed by atoms with Gasteiger partial charge in [0.15, 0.2) is 0 Å². The van der Waals surface area contributed by atoms with Crippen LogP contribution >= 0.6 is 0 Å². The Labute approximate surface area is 284 Å². The number of aryl methyl sites for hydroxylation is 2. The van der Waals surface area contributed by atoms with Crippen molar-refractivity contribution in [1.82, 2.24) is 0 Å². The molecule has 0 aliphatic carbocycles. The minimum Gasteiger partial charge on any atom is -0.423 e. The molecule has 5 nitrogen and oxygen atoms in total. The van der Waals surface area contributed by atoms with Crippen molar-refractivity contribution in [2.75, 3.05) is 0 Å². The average Bonchev–Trinajstić information content (AvgIpc) is 3.14. The highest BCUT2D eigenvalue weighted by Crippen LogP contribution is 2.31. The van der Waals surface area contributed by atoms with E-state index >= 15 is 0 Å². The van der Waals surface area contributed by atoms with Gasteiger partial charge in [-0.1, -0.05) is 104 Å². The van der Waals surface area contributed by atoms with Gasteiger partial charge >= 0.3 is 7.12 Å². The van der Waals surface area contributed by atoms with Crippen LogP contribution in [-0.4, -0.2) is 17.2 Å². The first-order valence-corrected chi connectivity index (χ1v) is 16.6. The highest BCUT2D eigenvalue weighted by Gasteiger charge is 2.20. The van der Waals surface area contributed by atoms with E-state index in [1.165, 1.54) is 11.1 Å². The second-order valence-corrected chi connectivity index (χ2v) is 12.3. The van der Waals surface area contributed by atoms with Gasteiger partial charge in [0.1, 0.15) is 0 Å². The largest absolute Gasteiger partial charge is 0.488 e. The standard InChI is InChI=1S/C42H38BN3O2/c44-28-33-13-19-36(20-14-33)35-17-10-31(11-18-35)12-23-38(42-27-41(43(47)48)25-24-40(42)30-46)8-4-2-1-3-6-32-7-5-9-39(26-32)37-21-15-34(29-45)16-22-37/h5,7,9-11,13-22,24-27,38,47-48H,1-4,6,8,12,23H2. The number of nitriles is 3. The molecule has 0 heterocycles. The molecular weight excluding hydrogens is 589 g/mol. The molecule has 0 saturated heterocycles. The summed E-state index contributed by atoms with van der Waals surface area (Å²) in [6.45, 7) is 0. The lowest BCUT2D eigenvalue weighted by Gasteiger charge is -2.20. The summed E-state index contributed by atoms with van der Waals surface area (Å²) in [6.07, 6.45) is 7.88. The Bertz CT molecular complexity index is 1930. The maximum atomic E-state index is 9.91. The second-order valence-electron chi connectivity index (χ2n) is 12.3. The molecule has 0 aromatic heterocycles. The zero-order valence-electron chi connectivity index (χ0n) is 27.0. The molecule has 0 fully saturated rings. The molecule has 0 aliphatic rings. The van der Waals surface area contributed by atoms with Crippen LogP contribution in [0.3, 0.4) is 0 Å². The molecule has 5 aromatic carbocycles. The van der Waals surface area contributed by atoms with Crippen LogP contribution in [0, 0.1) is 34.0 Å². The maximum absolute atomic E-state index is 9.91. The summed E-state index contributed by atoms with van der Waals surface area (Å²) in [6, 6.07) is 44.2. The van der Waals surface area contributed by atoms with E-state index in [4.69, 9.17) is 10.5 Å². The fourth-order valence-corrected chi connectivity index (χ4v) is 6.30. The molecule has 6 heteroatoms. The van der Waals surface area contributed by atoms with Gasteiger partial charge in [0.2, 0.25) is 0 Å². The molecule has 5 rings (SSSR count). The number of benzene rings is 5. The molecule has 0 saturated carbocycles. The van der Waals surface area contributed by atoms with Gasteiger partial charge in [0, 0.05) is 0 Å². The fourth-order valence-electron chi connectivity index (χ4n) is 6.30. The topological polar surface area (TPSA) is 112 Å². The molecule has 1 unspecified atom stereocenters. The van der Waals surface area contributed by atoms with Crippen LogP contribution in [0.5, 0.6) is 0 Å². The maximum Gasteiger partial charge on any atom is 0.488 e. The Balaban J connectivity index is 1.19. The first kappa shape index (κ1) is 33.9. The predicted molar refractivity (Wildman–Crippen MR) is 192 cm³/mol. The SMILES string of the molecule is N#Cc1ccc(-c2ccc(CCC(CCCCCCc3cccc(-c4ccc(C#N)cc4)c3)c3cc(B(O)O)ccc3C#N)cc2)cc1. The van der Waals surface area contributed by atoms with Crippen molar-refractivity contribution in [1.29, 1.82) is 15.8 Å². The Kier molecular flexibility index (Phi) is 12.0. The van der Waals surface area contributed by atoms with Gasteiger partial charge in [-0.05, 0) is 113 Å². The van der Waals surface area contributed by atoms with Gasteiger partial charge < -0.3 is 10.0 Å². The molecule has 2 N–H and O–H groups in total. The quantitative estimate of drug-likeness (QED) is 0.0952. The van der Waals surface area contributed by atoms with E-state index in [2.05, 4.69) is 66.7 Å². The van der Waals surface area contributed by atoms with E-state index in [1.54, 1.807) is 18.2 Å². The van der Waals surface area contributed by atoms with Gasteiger partial charge in [-0.25, -0.2) is 0 Å². The lowest BCUT2D eigenvalue weighted by Crippen LogP contribution is -2.30. The highest BCUT2D eigenvalue weighted by molar-refractivity contribution is 6.58. The van der Waals surface area contributed by atoms with Crippen LogP contribution in [0.2, 0.25) is 0 Å². The molecule has 5 aromatic rings. The van der Waals surface area contributed by atoms with Crippen LogP contribution in [0.1, 0.15) is 77.8 Å². The van der Waals surface area contributed by atoms with Crippen molar-refractivity contribution in [3.8, 4) is 40.5 Å². The number of unbranched alkanes of at least 4 members (excludes halogenated alkanes) is 3. The molecule has 236 valence electrons. The fraction of sp³-hybridized carbons (Fsp3) is 0.214. The molecule has 0 bridgehead atoms. The molecule has 0 spiro atoms. The van der Waals surface area contributed by atoms with Crippen molar-refractivity contribution in [2.45, 2.75) is 57.3 Å².